The van der Waals surface area contributed by atoms with Gasteiger partial charge in [0.1, 0.15) is 0 Å². The molecule has 1 fully saturated rings. The van der Waals surface area contributed by atoms with Gasteiger partial charge in [-0.1, -0.05) is 6.07 Å². The maximum absolute atomic E-state index is 9.41. The van der Waals surface area contributed by atoms with Gasteiger partial charge >= 0.3 is 0 Å². The second-order valence-electron chi connectivity index (χ2n) is 6.03. The van der Waals surface area contributed by atoms with E-state index in [0.717, 1.165) is 5.69 Å². The summed E-state index contributed by atoms with van der Waals surface area (Å²) in [4.78, 5) is 6.54. The van der Waals surface area contributed by atoms with Gasteiger partial charge in [0, 0.05) is 31.2 Å². The molecule has 0 aliphatic carbocycles. The topological polar surface area (TPSA) is 53.3 Å². The first-order valence-electron chi connectivity index (χ1n) is 7.88. The smallest absolute Gasteiger partial charge is 0.170 e. The lowest BCUT2D eigenvalue weighted by atomic mass is 9.99. The Bertz CT molecular complexity index is 670. The van der Waals surface area contributed by atoms with E-state index in [1.165, 1.54) is 5.56 Å². The molecule has 0 saturated carbocycles. The number of aromatic nitrogens is 2. The monoisotopic (exact) mass is 330 g/mol. The van der Waals surface area contributed by atoms with Crippen molar-refractivity contribution >= 4 is 17.3 Å². The van der Waals surface area contributed by atoms with Crippen LogP contribution in [0.25, 0.3) is 0 Å². The van der Waals surface area contributed by atoms with E-state index in [0.29, 0.717) is 17.7 Å². The molecule has 6 heteroatoms. The molecule has 0 spiro atoms. The van der Waals surface area contributed by atoms with Gasteiger partial charge in [-0.25, -0.2) is 0 Å². The highest BCUT2D eigenvalue weighted by Gasteiger charge is 2.39. The summed E-state index contributed by atoms with van der Waals surface area (Å²) < 4.78 is 2.18. The van der Waals surface area contributed by atoms with Gasteiger partial charge in [0.25, 0.3) is 0 Å². The molecule has 3 rings (SSSR count). The molecule has 5 nitrogen and oxygen atoms in total. The molecule has 2 aromatic heterocycles. The normalized spacial score (nSPS) is 21.0. The van der Waals surface area contributed by atoms with Crippen molar-refractivity contribution in [3.63, 3.8) is 0 Å². The fourth-order valence-electron chi connectivity index (χ4n) is 3.04. The number of thiocarbonyl (C=S) groups is 1. The minimum absolute atomic E-state index is 0.0155. The first kappa shape index (κ1) is 16.0. The SMILES string of the molecule is CC(C)n1ccc([C@@H]2[C@H](c3ccccn3)NC(=S)N2CCO)c1. The van der Waals surface area contributed by atoms with Gasteiger partial charge in [-0.05, 0) is 49.8 Å². The van der Waals surface area contributed by atoms with Gasteiger partial charge in [0.05, 0.1) is 24.4 Å². The summed E-state index contributed by atoms with van der Waals surface area (Å²) in [7, 11) is 0. The van der Waals surface area contributed by atoms with Crippen LogP contribution >= 0.6 is 12.2 Å². The Labute approximate surface area is 142 Å². The van der Waals surface area contributed by atoms with Gasteiger partial charge in [-0.2, -0.15) is 0 Å². The molecule has 2 atom stereocenters. The summed E-state index contributed by atoms with van der Waals surface area (Å²) in [6.07, 6.45) is 6.05. The third-order valence-electron chi connectivity index (χ3n) is 4.21. The van der Waals surface area contributed by atoms with E-state index in [1.807, 2.05) is 18.2 Å². The predicted octanol–water partition coefficient (Wildman–Crippen LogP) is 2.43. The Morgan fingerprint density at radius 3 is 2.78 bits per heavy atom. The average Bonchev–Trinajstić information content (AvgIpc) is 3.14. The van der Waals surface area contributed by atoms with Crippen LogP contribution in [-0.4, -0.2) is 37.8 Å². The second kappa shape index (κ2) is 6.68. The zero-order valence-corrected chi connectivity index (χ0v) is 14.2. The molecule has 0 radical (unpaired) electrons. The highest BCUT2D eigenvalue weighted by molar-refractivity contribution is 7.80. The van der Waals surface area contributed by atoms with Crippen molar-refractivity contribution in [3.05, 3.63) is 54.1 Å². The predicted molar refractivity (Wildman–Crippen MR) is 94.1 cm³/mol. The minimum atomic E-state index is -0.0155. The number of nitrogens with one attached hydrogen (secondary N) is 1. The van der Waals surface area contributed by atoms with Gasteiger partial charge in [0.15, 0.2) is 5.11 Å². The van der Waals surface area contributed by atoms with E-state index in [1.54, 1.807) is 6.20 Å². The third-order valence-corrected chi connectivity index (χ3v) is 4.57. The van der Waals surface area contributed by atoms with E-state index >= 15 is 0 Å². The zero-order chi connectivity index (χ0) is 16.4. The van der Waals surface area contributed by atoms with Crippen molar-refractivity contribution in [1.29, 1.82) is 0 Å². The fourth-order valence-corrected chi connectivity index (χ4v) is 3.38. The largest absolute Gasteiger partial charge is 0.395 e. The van der Waals surface area contributed by atoms with Crippen LogP contribution in [0.2, 0.25) is 0 Å². The van der Waals surface area contributed by atoms with Crippen molar-refractivity contribution in [3.8, 4) is 0 Å². The van der Waals surface area contributed by atoms with E-state index in [2.05, 4.69) is 52.1 Å². The molecule has 1 aliphatic heterocycles. The molecular formula is C17H22N4OS. The number of rotatable bonds is 5. The molecule has 0 aromatic carbocycles. The van der Waals surface area contributed by atoms with Crippen molar-refractivity contribution < 1.29 is 5.11 Å². The zero-order valence-electron chi connectivity index (χ0n) is 13.4. The molecule has 3 heterocycles. The Hall–Kier alpha value is -1.92. The molecule has 2 aromatic rings. The van der Waals surface area contributed by atoms with Crippen LogP contribution in [-0.2, 0) is 0 Å². The Kier molecular flexibility index (Phi) is 4.63. The van der Waals surface area contributed by atoms with Crippen molar-refractivity contribution in [2.45, 2.75) is 32.0 Å². The van der Waals surface area contributed by atoms with Crippen LogP contribution in [0.1, 0.15) is 43.2 Å². The van der Waals surface area contributed by atoms with Gasteiger partial charge in [-0.3, -0.25) is 4.98 Å². The van der Waals surface area contributed by atoms with Crippen LogP contribution in [0.15, 0.2) is 42.9 Å². The molecule has 2 N–H and O–H groups in total. The lowest BCUT2D eigenvalue weighted by Gasteiger charge is -2.26. The molecule has 0 amide bonds. The first-order valence-corrected chi connectivity index (χ1v) is 8.29. The van der Waals surface area contributed by atoms with Crippen LogP contribution < -0.4 is 5.32 Å². The number of nitrogens with zero attached hydrogens (tertiary/aromatic N) is 3. The molecule has 0 bridgehead atoms. The summed E-state index contributed by atoms with van der Waals surface area (Å²) in [6, 6.07) is 8.45. The Morgan fingerprint density at radius 1 is 1.35 bits per heavy atom. The van der Waals surface area contributed by atoms with Gasteiger partial charge < -0.3 is 19.9 Å². The molecule has 23 heavy (non-hydrogen) atoms. The number of aliphatic hydroxyl groups excluding tert-OH is 1. The first-order chi connectivity index (χ1) is 11.1. The fraction of sp³-hybridized carbons (Fsp3) is 0.412. The molecule has 0 unspecified atom stereocenters. The number of aliphatic hydroxyl groups is 1. The van der Waals surface area contributed by atoms with Gasteiger partial charge in [0.2, 0.25) is 0 Å². The Balaban J connectivity index is 1.99. The highest BCUT2D eigenvalue weighted by Crippen LogP contribution is 2.38. The van der Waals surface area contributed by atoms with Crippen LogP contribution in [0.5, 0.6) is 0 Å². The number of hydrogen-bond acceptors (Lipinski definition) is 3. The molecular weight excluding hydrogens is 308 g/mol. The average molecular weight is 330 g/mol. The van der Waals surface area contributed by atoms with E-state index in [-0.39, 0.29) is 18.7 Å². The lowest BCUT2D eigenvalue weighted by Crippen LogP contribution is -2.32. The van der Waals surface area contributed by atoms with Crippen molar-refractivity contribution in [2.24, 2.45) is 0 Å². The van der Waals surface area contributed by atoms with E-state index in [9.17, 15) is 5.11 Å². The minimum Gasteiger partial charge on any atom is -0.395 e. The Morgan fingerprint density at radius 2 is 2.17 bits per heavy atom. The maximum Gasteiger partial charge on any atom is 0.170 e. The third kappa shape index (κ3) is 3.09. The van der Waals surface area contributed by atoms with Crippen LogP contribution in [0.3, 0.4) is 0 Å². The van der Waals surface area contributed by atoms with Crippen molar-refractivity contribution in [2.75, 3.05) is 13.2 Å². The van der Waals surface area contributed by atoms with Crippen molar-refractivity contribution in [1.82, 2.24) is 19.8 Å². The summed E-state index contributed by atoms with van der Waals surface area (Å²) in [6.45, 7) is 4.89. The quantitative estimate of drug-likeness (QED) is 0.825. The number of pyridine rings is 1. The van der Waals surface area contributed by atoms with Gasteiger partial charge in [-0.15, -0.1) is 0 Å². The number of hydrogen-bond donors (Lipinski definition) is 2. The standard InChI is InChI=1S/C17H22N4OS/c1-12(2)20-8-6-13(11-20)16-15(14-5-3-4-7-18-14)19-17(23)21(16)9-10-22/h3-8,11-12,15-16,22H,9-10H2,1-2H3,(H,19,23)/t15-,16+/m0/s1. The van der Waals surface area contributed by atoms with E-state index in [4.69, 9.17) is 12.2 Å². The molecule has 122 valence electrons. The summed E-state index contributed by atoms with van der Waals surface area (Å²) in [5, 5.41) is 13.4. The van der Waals surface area contributed by atoms with Crippen LogP contribution in [0.4, 0.5) is 0 Å². The summed E-state index contributed by atoms with van der Waals surface area (Å²) in [5.74, 6) is 0. The molecule has 1 aliphatic rings. The molecule has 1 saturated heterocycles. The summed E-state index contributed by atoms with van der Waals surface area (Å²) >= 11 is 5.49. The van der Waals surface area contributed by atoms with E-state index < -0.39 is 0 Å². The second-order valence-corrected chi connectivity index (χ2v) is 6.42. The highest BCUT2D eigenvalue weighted by atomic mass is 32.1. The lowest BCUT2D eigenvalue weighted by molar-refractivity contribution is 0.223. The number of β-amino-alcohol motifs (C(OH)–C–C–N with tert-alkyl or cyclic N) is 1. The van der Waals surface area contributed by atoms with Crippen LogP contribution in [0, 0.1) is 0 Å². The summed E-state index contributed by atoms with van der Waals surface area (Å²) in [5.41, 5.74) is 2.13. The maximum atomic E-state index is 9.41.